The first-order valence-electron chi connectivity index (χ1n) is 8.17. The van der Waals surface area contributed by atoms with Gasteiger partial charge in [-0.2, -0.15) is 10.2 Å². The van der Waals surface area contributed by atoms with Crippen molar-refractivity contribution in [1.82, 2.24) is 14.8 Å². The van der Waals surface area contributed by atoms with E-state index in [-0.39, 0.29) is 5.82 Å². The second-order valence-electron chi connectivity index (χ2n) is 5.81. The Labute approximate surface area is 149 Å². The lowest BCUT2D eigenvalue weighted by molar-refractivity contribution is 0.628. The fourth-order valence-corrected chi connectivity index (χ4v) is 2.78. The Bertz CT molecular complexity index is 1070. The van der Waals surface area contributed by atoms with Gasteiger partial charge in [0, 0.05) is 6.20 Å². The summed E-state index contributed by atoms with van der Waals surface area (Å²) in [6.45, 7) is 1.94. The van der Waals surface area contributed by atoms with E-state index in [9.17, 15) is 4.39 Å². The van der Waals surface area contributed by atoms with E-state index < -0.39 is 0 Å². The largest absolute Gasteiger partial charge is 0.278 e. The summed E-state index contributed by atoms with van der Waals surface area (Å²) >= 11 is 0. The highest BCUT2D eigenvalue weighted by atomic mass is 19.1. The van der Waals surface area contributed by atoms with E-state index in [1.165, 1.54) is 12.1 Å². The molecule has 4 aromatic rings. The third-order valence-electron chi connectivity index (χ3n) is 4.01. The molecule has 0 aliphatic heterocycles. The van der Waals surface area contributed by atoms with Gasteiger partial charge in [-0.05, 0) is 42.8 Å². The van der Waals surface area contributed by atoms with E-state index in [2.05, 4.69) is 20.6 Å². The number of anilines is 1. The number of nitrogens with zero attached hydrogens (tertiary/aromatic N) is 4. The second-order valence-corrected chi connectivity index (χ2v) is 5.81. The molecule has 26 heavy (non-hydrogen) atoms. The van der Waals surface area contributed by atoms with Crippen LogP contribution in [0.15, 0.2) is 72.0 Å². The molecule has 2 heterocycles. The Balaban J connectivity index is 1.68. The van der Waals surface area contributed by atoms with Crippen molar-refractivity contribution >= 4 is 22.9 Å². The lowest BCUT2D eigenvalue weighted by atomic mass is 10.2. The fraction of sp³-hybridized carbons (Fsp3) is 0.0500. The van der Waals surface area contributed by atoms with Crippen molar-refractivity contribution in [3.05, 3.63) is 83.9 Å². The maximum Gasteiger partial charge on any atom is 0.165 e. The number of hydrogen-bond donors (Lipinski definition) is 1. The molecule has 6 heteroatoms. The normalized spacial score (nSPS) is 11.3. The number of hydrogen-bond acceptors (Lipinski definition) is 4. The average molecular weight is 345 g/mol. The quantitative estimate of drug-likeness (QED) is 0.443. The van der Waals surface area contributed by atoms with Crippen LogP contribution in [0.4, 0.5) is 10.1 Å². The van der Waals surface area contributed by atoms with Gasteiger partial charge in [0.05, 0.1) is 28.7 Å². The minimum absolute atomic E-state index is 0.269. The molecule has 0 unspecified atom stereocenters. The van der Waals surface area contributed by atoms with Crippen molar-refractivity contribution in [1.29, 1.82) is 0 Å². The summed E-state index contributed by atoms with van der Waals surface area (Å²) in [6, 6.07) is 17.9. The van der Waals surface area contributed by atoms with Crippen molar-refractivity contribution < 1.29 is 4.39 Å². The van der Waals surface area contributed by atoms with Gasteiger partial charge in [-0.15, -0.1) is 0 Å². The van der Waals surface area contributed by atoms with Crippen LogP contribution in [0.25, 0.3) is 16.7 Å². The van der Waals surface area contributed by atoms with E-state index in [1.54, 1.807) is 24.5 Å². The molecule has 0 fully saturated rings. The molecule has 128 valence electrons. The molecule has 4 rings (SSSR count). The first-order valence-corrected chi connectivity index (χ1v) is 8.17. The summed E-state index contributed by atoms with van der Waals surface area (Å²) in [4.78, 5) is 4.48. The predicted octanol–water partition coefficient (Wildman–Crippen LogP) is 4.31. The Morgan fingerprint density at radius 1 is 1.04 bits per heavy atom. The molecule has 5 nitrogen and oxygen atoms in total. The number of hydrazone groups is 1. The van der Waals surface area contributed by atoms with E-state index >= 15 is 0 Å². The van der Waals surface area contributed by atoms with Crippen LogP contribution in [-0.2, 0) is 0 Å². The standard InChI is InChI=1S/C20H16FN5/c1-14-19-18(24-23-13-15-7-9-16(21)10-8-15)11-12-22-20(19)26(25-14)17-5-3-2-4-6-17/h2-13H,1H3,(H,22,24). The number of halogens is 1. The summed E-state index contributed by atoms with van der Waals surface area (Å²) in [5.41, 5.74) is 7.22. The predicted molar refractivity (Wildman–Crippen MR) is 101 cm³/mol. The van der Waals surface area contributed by atoms with E-state index in [4.69, 9.17) is 0 Å². The van der Waals surface area contributed by atoms with Gasteiger partial charge in [0.25, 0.3) is 0 Å². The number of aryl methyl sites for hydroxylation is 1. The Hall–Kier alpha value is -3.54. The molecule has 0 radical (unpaired) electrons. The van der Waals surface area contributed by atoms with Crippen LogP contribution in [0.3, 0.4) is 0 Å². The minimum atomic E-state index is -0.269. The topological polar surface area (TPSA) is 55.1 Å². The molecular formula is C20H16FN5. The van der Waals surface area contributed by atoms with Gasteiger partial charge in [-0.25, -0.2) is 14.1 Å². The third kappa shape index (κ3) is 3.04. The first-order chi connectivity index (χ1) is 12.7. The van der Waals surface area contributed by atoms with Crippen LogP contribution in [0.2, 0.25) is 0 Å². The zero-order valence-electron chi connectivity index (χ0n) is 14.1. The number of para-hydroxylation sites is 1. The highest BCUT2D eigenvalue weighted by Crippen LogP contribution is 2.26. The molecule has 0 aliphatic carbocycles. The van der Waals surface area contributed by atoms with Crippen LogP contribution in [0.5, 0.6) is 0 Å². The maximum absolute atomic E-state index is 13.0. The van der Waals surface area contributed by atoms with Gasteiger partial charge in [0.15, 0.2) is 5.65 Å². The minimum Gasteiger partial charge on any atom is -0.278 e. The number of aromatic nitrogens is 3. The number of fused-ring (bicyclic) bond motifs is 1. The third-order valence-corrected chi connectivity index (χ3v) is 4.01. The number of nitrogens with one attached hydrogen (secondary N) is 1. The number of rotatable bonds is 4. The highest BCUT2D eigenvalue weighted by Gasteiger charge is 2.13. The van der Waals surface area contributed by atoms with Crippen molar-refractivity contribution in [2.24, 2.45) is 5.10 Å². The van der Waals surface area contributed by atoms with E-state index in [0.717, 1.165) is 33.7 Å². The smallest absolute Gasteiger partial charge is 0.165 e. The van der Waals surface area contributed by atoms with Crippen molar-refractivity contribution in [3.8, 4) is 5.69 Å². The van der Waals surface area contributed by atoms with Gasteiger partial charge in [0.1, 0.15) is 5.82 Å². The van der Waals surface area contributed by atoms with Gasteiger partial charge < -0.3 is 0 Å². The van der Waals surface area contributed by atoms with Gasteiger partial charge in [0.2, 0.25) is 0 Å². The Kier molecular flexibility index (Phi) is 4.15. The maximum atomic E-state index is 13.0. The molecule has 1 N–H and O–H groups in total. The van der Waals surface area contributed by atoms with Crippen molar-refractivity contribution in [3.63, 3.8) is 0 Å². The zero-order chi connectivity index (χ0) is 17.9. The summed E-state index contributed by atoms with van der Waals surface area (Å²) < 4.78 is 14.8. The average Bonchev–Trinajstić information content (AvgIpc) is 3.02. The zero-order valence-corrected chi connectivity index (χ0v) is 14.1. The second kappa shape index (κ2) is 6.76. The van der Waals surface area contributed by atoms with Gasteiger partial charge in [-0.1, -0.05) is 30.3 Å². The van der Waals surface area contributed by atoms with Gasteiger partial charge in [-0.3, -0.25) is 5.43 Å². The lowest BCUT2D eigenvalue weighted by Gasteiger charge is -2.04. The lowest BCUT2D eigenvalue weighted by Crippen LogP contribution is -1.97. The summed E-state index contributed by atoms with van der Waals surface area (Å²) in [6.07, 6.45) is 3.36. The van der Waals surface area contributed by atoms with Crippen molar-refractivity contribution in [2.75, 3.05) is 5.43 Å². The molecule has 0 amide bonds. The van der Waals surface area contributed by atoms with Crippen LogP contribution >= 0.6 is 0 Å². The van der Waals surface area contributed by atoms with E-state index in [0.29, 0.717) is 0 Å². The van der Waals surface area contributed by atoms with Crippen LogP contribution < -0.4 is 5.43 Å². The fourth-order valence-electron chi connectivity index (χ4n) is 2.78. The molecule has 2 aromatic heterocycles. The van der Waals surface area contributed by atoms with Crippen LogP contribution in [-0.4, -0.2) is 21.0 Å². The summed E-state index contributed by atoms with van der Waals surface area (Å²) in [5, 5.41) is 9.78. The molecule has 0 bridgehead atoms. The number of pyridine rings is 1. The first kappa shape index (κ1) is 16.0. The molecule has 0 aliphatic rings. The summed E-state index contributed by atoms with van der Waals surface area (Å²) in [5.74, 6) is -0.269. The van der Waals surface area contributed by atoms with Gasteiger partial charge >= 0.3 is 0 Å². The number of benzene rings is 2. The van der Waals surface area contributed by atoms with Crippen LogP contribution in [0.1, 0.15) is 11.3 Å². The van der Waals surface area contributed by atoms with E-state index in [1.807, 2.05) is 48.0 Å². The molecular weight excluding hydrogens is 329 g/mol. The summed E-state index contributed by atoms with van der Waals surface area (Å²) in [7, 11) is 0. The Morgan fingerprint density at radius 3 is 2.58 bits per heavy atom. The molecule has 0 atom stereocenters. The van der Waals surface area contributed by atoms with Crippen molar-refractivity contribution in [2.45, 2.75) is 6.92 Å². The monoisotopic (exact) mass is 345 g/mol. The molecule has 0 saturated heterocycles. The highest BCUT2D eigenvalue weighted by molar-refractivity contribution is 5.92. The molecule has 0 saturated carbocycles. The Morgan fingerprint density at radius 2 is 1.81 bits per heavy atom. The van der Waals surface area contributed by atoms with Crippen LogP contribution in [0, 0.1) is 12.7 Å². The SMILES string of the molecule is Cc1nn(-c2ccccc2)c2nccc(NN=Cc3ccc(F)cc3)c12. The molecule has 0 spiro atoms. The molecule has 2 aromatic carbocycles.